The normalized spacial score (nSPS) is 10.4. The summed E-state index contributed by atoms with van der Waals surface area (Å²) in [6, 6.07) is 3.60. The minimum atomic E-state index is 0.307. The van der Waals surface area contributed by atoms with E-state index in [0.717, 1.165) is 5.82 Å². The molecule has 0 aliphatic carbocycles. The smallest absolute Gasteiger partial charge is 0.138 e. The molecule has 0 radical (unpaired) electrons. The molecule has 0 saturated carbocycles. The number of hydrogen-bond acceptors (Lipinski definition) is 2. The molecule has 0 amide bonds. The first kappa shape index (κ1) is 9.49. The molecule has 14 heavy (non-hydrogen) atoms. The number of imidazole rings is 1. The molecule has 0 spiro atoms. The maximum absolute atomic E-state index is 5.89. The monoisotopic (exact) mass is 227 g/mol. The molecule has 0 fully saturated rings. The molecule has 0 atom stereocenters. The molecule has 5 heteroatoms. The fourth-order valence-electron chi connectivity index (χ4n) is 1.10. The van der Waals surface area contributed by atoms with Gasteiger partial charge in [-0.05, 0) is 12.1 Å². The van der Waals surface area contributed by atoms with Crippen LogP contribution in [0.1, 0.15) is 5.69 Å². The van der Waals surface area contributed by atoms with Crippen LogP contribution in [0.3, 0.4) is 0 Å². The maximum Gasteiger partial charge on any atom is 0.138 e. The average Bonchev–Trinajstić information content (AvgIpc) is 2.71. The zero-order valence-corrected chi connectivity index (χ0v) is 8.70. The Morgan fingerprint density at radius 2 is 2.21 bits per heavy atom. The predicted molar refractivity (Wildman–Crippen MR) is 55.9 cm³/mol. The van der Waals surface area contributed by atoms with Crippen LogP contribution in [0.2, 0.25) is 5.02 Å². The van der Waals surface area contributed by atoms with Gasteiger partial charge in [0.2, 0.25) is 0 Å². The number of nitrogens with zero attached hydrogens (tertiary/aromatic N) is 3. The van der Waals surface area contributed by atoms with Gasteiger partial charge in [0.05, 0.1) is 16.6 Å². The lowest BCUT2D eigenvalue weighted by atomic mass is 10.3. The van der Waals surface area contributed by atoms with E-state index in [1.165, 1.54) is 0 Å². The van der Waals surface area contributed by atoms with Crippen LogP contribution in [-0.2, 0) is 5.88 Å². The van der Waals surface area contributed by atoms with Gasteiger partial charge in [0.1, 0.15) is 12.1 Å². The first-order valence-corrected chi connectivity index (χ1v) is 4.92. The van der Waals surface area contributed by atoms with Gasteiger partial charge >= 0.3 is 0 Å². The highest BCUT2D eigenvalue weighted by Crippen LogP contribution is 2.17. The van der Waals surface area contributed by atoms with Gasteiger partial charge in [-0.25, -0.2) is 9.97 Å². The molecule has 2 aromatic rings. The van der Waals surface area contributed by atoms with E-state index in [1.807, 2.05) is 12.3 Å². The van der Waals surface area contributed by atoms with Crippen LogP contribution in [0, 0.1) is 0 Å². The zero-order chi connectivity index (χ0) is 9.97. The van der Waals surface area contributed by atoms with Crippen molar-refractivity contribution in [2.45, 2.75) is 5.88 Å². The van der Waals surface area contributed by atoms with Crippen LogP contribution in [0.5, 0.6) is 0 Å². The van der Waals surface area contributed by atoms with E-state index in [9.17, 15) is 0 Å². The maximum atomic E-state index is 5.89. The third kappa shape index (κ3) is 1.74. The molecule has 0 aromatic carbocycles. The van der Waals surface area contributed by atoms with E-state index in [4.69, 9.17) is 23.2 Å². The molecule has 2 heterocycles. The molecule has 0 N–H and O–H groups in total. The van der Waals surface area contributed by atoms with Crippen molar-refractivity contribution in [2.24, 2.45) is 0 Å². The molecule has 0 saturated heterocycles. The predicted octanol–water partition coefficient (Wildman–Crippen LogP) is 2.66. The van der Waals surface area contributed by atoms with Gasteiger partial charge in [-0.1, -0.05) is 11.6 Å². The Morgan fingerprint density at radius 1 is 1.36 bits per heavy atom. The van der Waals surface area contributed by atoms with Gasteiger partial charge in [-0.3, -0.25) is 4.57 Å². The van der Waals surface area contributed by atoms with E-state index in [-0.39, 0.29) is 0 Å². The van der Waals surface area contributed by atoms with Crippen LogP contribution in [0.15, 0.2) is 30.9 Å². The Balaban J connectivity index is 2.46. The van der Waals surface area contributed by atoms with Crippen LogP contribution in [-0.4, -0.2) is 14.5 Å². The van der Waals surface area contributed by atoms with Gasteiger partial charge in [0, 0.05) is 12.4 Å². The summed E-state index contributed by atoms with van der Waals surface area (Å²) >= 11 is 11.6. The van der Waals surface area contributed by atoms with Crippen molar-refractivity contribution in [1.82, 2.24) is 14.5 Å². The fourth-order valence-corrected chi connectivity index (χ4v) is 1.55. The Hall–Kier alpha value is -1.06. The lowest BCUT2D eigenvalue weighted by Crippen LogP contribution is -1.97. The van der Waals surface area contributed by atoms with Crippen molar-refractivity contribution < 1.29 is 0 Å². The third-order valence-corrected chi connectivity index (χ3v) is 2.40. The van der Waals surface area contributed by atoms with Crippen molar-refractivity contribution in [1.29, 1.82) is 0 Å². The highest BCUT2D eigenvalue weighted by Gasteiger charge is 2.03. The van der Waals surface area contributed by atoms with Crippen LogP contribution in [0.25, 0.3) is 5.82 Å². The van der Waals surface area contributed by atoms with Crippen molar-refractivity contribution in [3.05, 3.63) is 41.6 Å². The summed E-state index contributed by atoms with van der Waals surface area (Å²) in [4.78, 5) is 8.23. The van der Waals surface area contributed by atoms with Gasteiger partial charge in [-0.2, -0.15) is 0 Å². The third-order valence-electron chi connectivity index (χ3n) is 1.80. The SMILES string of the molecule is ClCc1nc(-n2ccnc2)ccc1Cl. The number of aromatic nitrogens is 3. The second-order valence-corrected chi connectivity index (χ2v) is 3.38. The number of hydrogen-bond donors (Lipinski definition) is 0. The van der Waals surface area contributed by atoms with Crippen molar-refractivity contribution in [3.8, 4) is 5.82 Å². The second-order valence-electron chi connectivity index (χ2n) is 2.70. The molecule has 72 valence electrons. The molecule has 2 rings (SSSR count). The molecular formula is C9H7Cl2N3. The van der Waals surface area contributed by atoms with E-state index in [1.54, 1.807) is 23.2 Å². The molecule has 0 unspecified atom stereocenters. The zero-order valence-electron chi connectivity index (χ0n) is 7.19. The Bertz CT molecular complexity index is 426. The second kappa shape index (κ2) is 3.98. The Kier molecular flexibility index (Phi) is 2.70. The van der Waals surface area contributed by atoms with Gasteiger partial charge < -0.3 is 0 Å². The fraction of sp³-hybridized carbons (Fsp3) is 0.111. The first-order valence-electron chi connectivity index (χ1n) is 4.01. The Morgan fingerprint density at radius 3 is 2.86 bits per heavy atom. The molecule has 0 aliphatic heterocycles. The van der Waals surface area contributed by atoms with Gasteiger partial charge in [-0.15, -0.1) is 11.6 Å². The summed E-state index contributed by atoms with van der Waals surface area (Å²) in [5.74, 6) is 1.07. The van der Waals surface area contributed by atoms with Crippen molar-refractivity contribution in [3.63, 3.8) is 0 Å². The van der Waals surface area contributed by atoms with E-state index < -0.39 is 0 Å². The summed E-state index contributed by atoms with van der Waals surface area (Å²) in [7, 11) is 0. The highest BCUT2D eigenvalue weighted by molar-refractivity contribution is 6.32. The lowest BCUT2D eigenvalue weighted by molar-refractivity contribution is 0.971. The topological polar surface area (TPSA) is 30.7 Å². The van der Waals surface area contributed by atoms with E-state index in [2.05, 4.69) is 9.97 Å². The van der Waals surface area contributed by atoms with Crippen LogP contribution in [0.4, 0.5) is 0 Å². The van der Waals surface area contributed by atoms with E-state index >= 15 is 0 Å². The molecular weight excluding hydrogens is 221 g/mol. The average molecular weight is 228 g/mol. The van der Waals surface area contributed by atoms with Crippen LogP contribution >= 0.6 is 23.2 Å². The number of rotatable bonds is 2. The lowest BCUT2D eigenvalue weighted by Gasteiger charge is -2.04. The molecule has 0 aliphatic rings. The van der Waals surface area contributed by atoms with E-state index in [0.29, 0.717) is 16.6 Å². The summed E-state index contributed by atoms with van der Waals surface area (Å²) in [6.45, 7) is 0. The Labute approximate surface area is 91.3 Å². The minimum absolute atomic E-state index is 0.307. The summed E-state index contributed by atoms with van der Waals surface area (Å²) < 4.78 is 1.80. The minimum Gasteiger partial charge on any atom is -0.291 e. The number of halogens is 2. The van der Waals surface area contributed by atoms with Gasteiger partial charge in [0.25, 0.3) is 0 Å². The number of pyridine rings is 1. The number of alkyl halides is 1. The summed E-state index contributed by atoms with van der Waals surface area (Å²) in [5.41, 5.74) is 0.680. The van der Waals surface area contributed by atoms with Crippen molar-refractivity contribution >= 4 is 23.2 Å². The summed E-state index contributed by atoms with van der Waals surface area (Å²) in [6.07, 6.45) is 5.18. The van der Waals surface area contributed by atoms with Crippen molar-refractivity contribution in [2.75, 3.05) is 0 Å². The largest absolute Gasteiger partial charge is 0.291 e. The standard InChI is InChI=1S/C9H7Cl2N3/c10-5-8-7(11)1-2-9(13-8)14-4-3-12-6-14/h1-4,6H,5H2. The molecule has 2 aromatic heterocycles. The quantitative estimate of drug-likeness (QED) is 0.739. The van der Waals surface area contributed by atoms with Gasteiger partial charge in [0.15, 0.2) is 0 Å². The first-order chi connectivity index (χ1) is 6.81. The summed E-state index contributed by atoms with van der Waals surface area (Å²) in [5, 5.41) is 0.587. The highest BCUT2D eigenvalue weighted by atomic mass is 35.5. The molecule has 3 nitrogen and oxygen atoms in total. The van der Waals surface area contributed by atoms with Crippen LogP contribution < -0.4 is 0 Å². The molecule has 0 bridgehead atoms.